The third kappa shape index (κ3) is 1.54. The van der Waals surface area contributed by atoms with Crippen LogP contribution in [0.4, 0.5) is 0 Å². The molecule has 3 nitrogen and oxygen atoms in total. The van der Waals surface area contributed by atoms with Gasteiger partial charge in [0.15, 0.2) is 0 Å². The van der Waals surface area contributed by atoms with Crippen LogP contribution in [0.5, 0.6) is 0 Å². The second-order valence-electron chi connectivity index (χ2n) is 4.03. The van der Waals surface area contributed by atoms with Gasteiger partial charge in [0.05, 0.1) is 18.3 Å². The molecule has 0 aliphatic heterocycles. The van der Waals surface area contributed by atoms with Crippen LogP contribution in [0.1, 0.15) is 6.92 Å². The minimum Gasteiger partial charge on any atom is -0.389 e. The molecule has 1 fully saturated rings. The first kappa shape index (κ1) is 10.8. The van der Waals surface area contributed by atoms with Gasteiger partial charge in [-0.15, -0.1) is 0 Å². The number of rotatable bonds is 2. The van der Waals surface area contributed by atoms with Gasteiger partial charge in [0.1, 0.15) is 7.85 Å². The number of aliphatic hydroxyl groups is 2. The zero-order chi connectivity index (χ0) is 10.2. The van der Waals surface area contributed by atoms with E-state index in [9.17, 15) is 10.2 Å². The number of methoxy groups -OCH3 is 1. The Morgan fingerprint density at radius 2 is 2.23 bits per heavy atom. The fraction of sp³-hybridized carbons (Fsp3) is 0.778. The Bertz CT molecular complexity index is 215. The van der Waals surface area contributed by atoms with E-state index in [0.717, 1.165) is 5.57 Å². The second kappa shape index (κ2) is 3.44. The van der Waals surface area contributed by atoms with Crippen LogP contribution in [0.15, 0.2) is 12.2 Å². The van der Waals surface area contributed by atoms with E-state index in [0.29, 0.717) is 6.61 Å². The number of aliphatic hydroxyl groups excluding tert-OH is 1. The van der Waals surface area contributed by atoms with Gasteiger partial charge >= 0.3 is 0 Å². The molecule has 4 atom stereocenters. The molecular formula is C9H17BO3. The lowest BCUT2D eigenvalue weighted by Gasteiger charge is -2.26. The van der Waals surface area contributed by atoms with Crippen molar-refractivity contribution in [1.82, 2.24) is 0 Å². The fourth-order valence-electron chi connectivity index (χ4n) is 1.94. The van der Waals surface area contributed by atoms with Crippen LogP contribution in [0, 0.1) is 5.92 Å². The molecule has 0 unspecified atom stereocenters. The van der Waals surface area contributed by atoms with Gasteiger partial charge in [-0.1, -0.05) is 12.2 Å². The summed E-state index contributed by atoms with van der Waals surface area (Å²) in [4.78, 5) is 0. The van der Waals surface area contributed by atoms with Crippen molar-refractivity contribution in [2.24, 2.45) is 5.92 Å². The van der Waals surface area contributed by atoms with E-state index >= 15 is 0 Å². The lowest BCUT2D eigenvalue weighted by Crippen LogP contribution is -2.40. The average molecular weight is 184 g/mol. The molecule has 4 heteroatoms. The van der Waals surface area contributed by atoms with Gasteiger partial charge < -0.3 is 14.9 Å². The normalized spacial score (nSPS) is 45.5. The highest BCUT2D eigenvalue weighted by Crippen LogP contribution is 2.45. The predicted octanol–water partition coefficient (Wildman–Crippen LogP) is -0.648. The molecule has 0 saturated heterocycles. The zero-order valence-corrected chi connectivity index (χ0v) is 8.45. The molecule has 0 aromatic carbocycles. The van der Waals surface area contributed by atoms with Crippen molar-refractivity contribution >= 4 is 7.85 Å². The summed E-state index contributed by atoms with van der Waals surface area (Å²) in [5, 5.41) is 19.7. The Labute approximate surface area is 79.8 Å². The molecule has 0 heterocycles. The molecule has 1 aliphatic carbocycles. The van der Waals surface area contributed by atoms with E-state index in [1.807, 2.05) is 7.85 Å². The standard InChI is InChI=1S/C9H17BO3/c1-5-6(4-13-3)8(11)9(2,12)7(5)10/h6-8,11-12H,1,4,10H2,2-3H3/t6-,7+,8+,9-/m0/s1. The molecule has 0 radical (unpaired) electrons. The van der Waals surface area contributed by atoms with Gasteiger partial charge in [-0.25, -0.2) is 0 Å². The molecule has 0 bridgehead atoms. The van der Waals surface area contributed by atoms with E-state index in [1.54, 1.807) is 14.0 Å². The monoisotopic (exact) mass is 184 g/mol. The van der Waals surface area contributed by atoms with E-state index in [-0.39, 0.29) is 11.7 Å². The predicted molar refractivity (Wildman–Crippen MR) is 53.4 cm³/mol. The first-order valence-electron chi connectivity index (χ1n) is 4.51. The summed E-state index contributed by atoms with van der Waals surface area (Å²) in [5.41, 5.74) is -0.195. The summed E-state index contributed by atoms with van der Waals surface area (Å²) in [6.07, 6.45) is -0.769. The van der Waals surface area contributed by atoms with E-state index in [1.165, 1.54) is 0 Å². The van der Waals surface area contributed by atoms with Gasteiger partial charge in [-0.3, -0.25) is 0 Å². The van der Waals surface area contributed by atoms with Crippen LogP contribution in [0.25, 0.3) is 0 Å². The molecule has 0 aromatic rings. The third-order valence-corrected chi connectivity index (χ3v) is 3.24. The second-order valence-corrected chi connectivity index (χ2v) is 4.03. The highest BCUT2D eigenvalue weighted by atomic mass is 16.5. The highest BCUT2D eigenvalue weighted by Gasteiger charge is 2.50. The van der Waals surface area contributed by atoms with Crippen LogP contribution in [-0.4, -0.2) is 43.5 Å². The van der Waals surface area contributed by atoms with Gasteiger partial charge in [0.2, 0.25) is 0 Å². The molecule has 2 N–H and O–H groups in total. The van der Waals surface area contributed by atoms with Crippen LogP contribution in [0.3, 0.4) is 0 Å². The lowest BCUT2D eigenvalue weighted by molar-refractivity contribution is -0.0625. The SMILES string of the molecule is B[C@@H]1C(=C)[C@H](COC)[C@@H](O)[C@@]1(C)O. The summed E-state index contributed by atoms with van der Waals surface area (Å²) in [6, 6.07) is 0. The number of hydrogen-bond donors (Lipinski definition) is 2. The summed E-state index contributed by atoms with van der Waals surface area (Å²) in [5.74, 6) is -0.224. The molecule has 1 saturated carbocycles. The van der Waals surface area contributed by atoms with E-state index in [4.69, 9.17) is 4.74 Å². The van der Waals surface area contributed by atoms with Crippen LogP contribution in [-0.2, 0) is 4.74 Å². The van der Waals surface area contributed by atoms with Crippen molar-refractivity contribution < 1.29 is 14.9 Å². The van der Waals surface area contributed by atoms with Gasteiger partial charge in [0, 0.05) is 13.0 Å². The Balaban J connectivity index is 2.85. The Morgan fingerprint density at radius 1 is 1.69 bits per heavy atom. The molecular weight excluding hydrogens is 167 g/mol. The third-order valence-electron chi connectivity index (χ3n) is 3.24. The topological polar surface area (TPSA) is 49.7 Å². The van der Waals surface area contributed by atoms with Crippen molar-refractivity contribution in [1.29, 1.82) is 0 Å². The minimum atomic E-state index is -1.07. The highest BCUT2D eigenvalue weighted by molar-refractivity contribution is 6.15. The van der Waals surface area contributed by atoms with Crippen LogP contribution < -0.4 is 0 Å². The molecule has 1 rings (SSSR count). The largest absolute Gasteiger partial charge is 0.389 e. The van der Waals surface area contributed by atoms with E-state index in [2.05, 4.69) is 6.58 Å². The first-order valence-corrected chi connectivity index (χ1v) is 4.51. The molecule has 0 aromatic heterocycles. The summed E-state index contributed by atoms with van der Waals surface area (Å²) < 4.78 is 4.98. The van der Waals surface area contributed by atoms with E-state index < -0.39 is 11.7 Å². The maximum absolute atomic E-state index is 9.93. The van der Waals surface area contributed by atoms with Gasteiger partial charge in [-0.2, -0.15) is 0 Å². The van der Waals surface area contributed by atoms with Crippen molar-refractivity contribution in [3.05, 3.63) is 12.2 Å². The quantitative estimate of drug-likeness (QED) is 0.443. The Morgan fingerprint density at radius 3 is 2.54 bits per heavy atom. The van der Waals surface area contributed by atoms with Crippen LogP contribution in [0.2, 0.25) is 5.82 Å². The zero-order valence-electron chi connectivity index (χ0n) is 8.45. The van der Waals surface area contributed by atoms with Crippen molar-refractivity contribution in [3.63, 3.8) is 0 Å². The van der Waals surface area contributed by atoms with Crippen molar-refractivity contribution in [2.45, 2.75) is 24.4 Å². The lowest BCUT2D eigenvalue weighted by atomic mass is 9.74. The van der Waals surface area contributed by atoms with Gasteiger partial charge in [0.25, 0.3) is 0 Å². The maximum atomic E-state index is 9.93. The van der Waals surface area contributed by atoms with Gasteiger partial charge in [-0.05, 0) is 12.7 Å². The van der Waals surface area contributed by atoms with Crippen LogP contribution >= 0.6 is 0 Å². The molecule has 0 amide bonds. The number of ether oxygens (including phenoxy) is 1. The fourth-order valence-corrected chi connectivity index (χ4v) is 1.94. The molecule has 74 valence electrons. The molecule has 13 heavy (non-hydrogen) atoms. The Kier molecular flexibility index (Phi) is 2.85. The van der Waals surface area contributed by atoms with Crippen molar-refractivity contribution in [3.8, 4) is 0 Å². The molecule has 0 spiro atoms. The number of hydrogen-bond acceptors (Lipinski definition) is 3. The summed E-state index contributed by atoms with van der Waals surface area (Å²) in [7, 11) is 3.46. The Hall–Kier alpha value is -0.315. The molecule has 1 aliphatic rings. The summed E-state index contributed by atoms with van der Waals surface area (Å²) >= 11 is 0. The maximum Gasteiger partial charge on any atom is 0.114 e. The van der Waals surface area contributed by atoms with Crippen molar-refractivity contribution in [2.75, 3.05) is 13.7 Å². The minimum absolute atomic E-state index is 0.0809. The average Bonchev–Trinajstić information content (AvgIpc) is 2.21. The first-order chi connectivity index (χ1) is 5.92. The summed E-state index contributed by atoms with van der Waals surface area (Å²) in [6.45, 7) is 5.94. The smallest absolute Gasteiger partial charge is 0.114 e.